The van der Waals surface area contributed by atoms with Crippen LogP contribution in [-0.2, 0) is 4.79 Å². The molecule has 1 amide bonds. The Bertz CT molecular complexity index is 200. The molecular formula is C8H14BrNO2. The van der Waals surface area contributed by atoms with Crippen LogP contribution in [0.3, 0.4) is 0 Å². The van der Waals surface area contributed by atoms with E-state index in [1.165, 1.54) is 0 Å². The van der Waals surface area contributed by atoms with Gasteiger partial charge in [-0.3, -0.25) is 4.79 Å². The fourth-order valence-electron chi connectivity index (χ4n) is 1.30. The van der Waals surface area contributed by atoms with Gasteiger partial charge in [-0.15, -0.1) is 0 Å². The monoisotopic (exact) mass is 235 g/mol. The van der Waals surface area contributed by atoms with Crippen LogP contribution >= 0.6 is 15.9 Å². The van der Waals surface area contributed by atoms with Crippen molar-refractivity contribution in [3.05, 3.63) is 0 Å². The summed E-state index contributed by atoms with van der Waals surface area (Å²) in [6.45, 7) is 6.24. The molecule has 1 saturated heterocycles. The van der Waals surface area contributed by atoms with Crippen molar-refractivity contribution in [3.8, 4) is 0 Å². The van der Waals surface area contributed by atoms with Crippen molar-refractivity contribution >= 4 is 21.8 Å². The Kier molecular flexibility index (Phi) is 2.25. The largest absolute Gasteiger partial charge is 0.386 e. The second-order valence-electron chi connectivity index (χ2n) is 4.13. The summed E-state index contributed by atoms with van der Waals surface area (Å²) in [7, 11) is 0. The van der Waals surface area contributed by atoms with Crippen molar-refractivity contribution in [2.75, 3.05) is 13.1 Å². The van der Waals surface area contributed by atoms with Crippen LogP contribution in [0.1, 0.15) is 20.8 Å². The molecule has 70 valence electrons. The standard InChI is InChI=1S/C8H14BrNO2/c1-7(2,9)6(11)10-4-8(3,12)5-10/h12H,4-5H2,1-3H3. The van der Waals surface area contributed by atoms with Crippen LogP contribution in [0.25, 0.3) is 0 Å². The van der Waals surface area contributed by atoms with Gasteiger partial charge in [0.05, 0.1) is 23.0 Å². The molecule has 0 aromatic rings. The SMILES string of the molecule is CC1(O)CN(C(=O)C(C)(C)Br)C1. The zero-order valence-corrected chi connectivity index (χ0v) is 9.18. The Morgan fingerprint density at radius 2 is 2.00 bits per heavy atom. The third-order valence-corrected chi connectivity index (χ3v) is 2.20. The first-order valence-electron chi connectivity index (χ1n) is 3.93. The van der Waals surface area contributed by atoms with Gasteiger partial charge in [0, 0.05) is 0 Å². The lowest BCUT2D eigenvalue weighted by molar-refractivity contribution is -0.153. The van der Waals surface area contributed by atoms with E-state index in [9.17, 15) is 9.90 Å². The van der Waals surface area contributed by atoms with Crippen molar-refractivity contribution in [2.24, 2.45) is 0 Å². The number of amides is 1. The van der Waals surface area contributed by atoms with E-state index in [1.54, 1.807) is 11.8 Å². The predicted octanol–water partition coefficient (Wildman–Crippen LogP) is 0.753. The number of carbonyl (C=O) groups excluding carboxylic acids is 1. The van der Waals surface area contributed by atoms with Crippen LogP contribution < -0.4 is 0 Å². The van der Waals surface area contributed by atoms with Gasteiger partial charge < -0.3 is 10.0 Å². The van der Waals surface area contributed by atoms with Crippen molar-refractivity contribution < 1.29 is 9.90 Å². The van der Waals surface area contributed by atoms with Gasteiger partial charge >= 0.3 is 0 Å². The second-order valence-corrected chi connectivity index (χ2v) is 6.11. The first-order valence-corrected chi connectivity index (χ1v) is 4.72. The molecule has 1 N–H and O–H groups in total. The minimum atomic E-state index is -0.673. The van der Waals surface area contributed by atoms with Gasteiger partial charge in [0.1, 0.15) is 0 Å². The molecule has 0 aromatic heterocycles. The summed E-state index contributed by atoms with van der Waals surface area (Å²) in [5.41, 5.74) is -0.673. The smallest absolute Gasteiger partial charge is 0.239 e. The molecule has 12 heavy (non-hydrogen) atoms. The van der Waals surface area contributed by atoms with E-state index >= 15 is 0 Å². The number of aliphatic hydroxyl groups is 1. The van der Waals surface area contributed by atoms with Crippen molar-refractivity contribution in [1.82, 2.24) is 4.90 Å². The third-order valence-electron chi connectivity index (χ3n) is 1.86. The summed E-state index contributed by atoms with van der Waals surface area (Å²) < 4.78 is -0.510. The van der Waals surface area contributed by atoms with Gasteiger partial charge in [-0.05, 0) is 20.8 Å². The first-order chi connectivity index (χ1) is 5.22. The summed E-state index contributed by atoms with van der Waals surface area (Å²) in [4.78, 5) is 13.2. The Hall–Kier alpha value is -0.0900. The van der Waals surface area contributed by atoms with Gasteiger partial charge in [0.15, 0.2) is 0 Å². The molecule has 1 fully saturated rings. The molecule has 1 heterocycles. The number of likely N-dealkylation sites (tertiary alicyclic amines) is 1. The molecule has 1 aliphatic heterocycles. The van der Waals surface area contributed by atoms with Crippen LogP contribution in [-0.4, -0.2) is 38.9 Å². The molecule has 1 rings (SSSR count). The summed E-state index contributed by atoms with van der Waals surface area (Å²) in [5, 5.41) is 9.39. The van der Waals surface area contributed by atoms with E-state index < -0.39 is 9.93 Å². The van der Waals surface area contributed by atoms with Crippen LogP contribution in [0.15, 0.2) is 0 Å². The zero-order valence-electron chi connectivity index (χ0n) is 7.59. The Balaban J connectivity index is 2.50. The lowest BCUT2D eigenvalue weighted by Crippen LogP contribution is -2.64. The van der Waals surface area contributed by atoms with E-state index in [4.69, 9.17) is 0 Å². The van der Waals surface area contributed by atoms with Gasteiger partial charge in [0.25, 0.3) is 0 Å². The Morgan fingerprint density at radius 3 is 2.25 bits per heavy atom. The molecule has 1 aliphatic rings. The highest BCUT2D eigenvalue weighted by Gasteiger charge is 2.43. The van der Waals surface area contributed by atoms with Crippen LogP contribution in [0.2, 0.25) is 0 Å². The number of β-amino-alcohol motifs (C(OH)–C–C–N with tert-alkyl or cyclic N) is 1. The average molecular weight is 236 g/mol. The maximum absolute atomic E-state index is 11.5. The highest BCUT2D eigenvalue weighted by molar-refractivity contribution is 9.10. The van der Waals surface area contributed by atoms with E-state index in [2.05, 4.69) is 15.9 Å². The molecular weight excluding hydrogens is 222 g/mol. The maximum atomic E-state index is 11.5. The fraction of sp³-hybridized carbons (Fsp3) is 0.875. The lowest BCUT2D eigenvalue weighted by Gasteiger charge is -2.46. The average Bonchev–Trinajstić information content (AvgIpc) is 1.78. The molecule has 4 heteroatoms. The number of alkyl halides is 1. The number of hydrogen-bond donors (Lipinski definition) is 1. The van der Waals surface area contributed by atoms with Gasteiger partial charge in [0.2, 0.25) is 5.91 Å². The van der Waals surface area contributed by atoms with Crippen molar-refractivity contribution in [1.29, 1.82) is 0 Å². The van der Waals surface area contributed by atoms with E-state index in [1.807, 2.05) is 13.8 Å². The van der Waals surface area contributed by atoms with E-state index in [0.29, 0.717) is 13.1 Å². The molecule has 0 unspecified atom stereocenters. The minimum absolute atomic E-state index is 0.0361. The topological polar surface area (TPSA) is 40.5 Å². The molecule has 3 nitrogen and oxygen atoms in total. The maximum Gasteiger partial charge on any atom is 0.239 e. The highest BCUT2D eigenvalue weighted by Crippen LogP contribution is 2.26. The Labute approximate surface area is 80.9 Å². The predicted molar refractivity (Wildman–Crippen MR) is 50.2 cm³/mol. The van der Waals surface area contributed by atoms with Crippen LogP contribution in [0, 0.1) is 0 Å². The summed E-state index contributed by atoms with van der Waals surface area (Å²) >= 11 is 3.28. The number of rotatable bonds is 1. The fourth-order valence-corrected chi connectivity index (χ4v) is 1.55. The molecule has 0 radical (unpaired) electrons. The van der Waals surface area contributed by atoms with Gasteiger partial charge in [-0.1, -0.05) is 15.9 Å². The number of hydrogen-bond acceptors (Lipinski definition) is 2. The third kappa shape index (κ3) is 1.98. The van der Waals surface area contributed by atoms with Gasteiger partial charge in [-0.2, -0.15) is 0 Å². The van der Waals surface area contributed by atoms with E-state index in [0.717, 1.165) is 0 Å². The lowest BCUT2D eigenvalue weighted by atomic mass is 9.95. The van der Waals surface area contributed by atoms with Crippen molar-refractivity contribution in [3.63, 3.8) is 0 Å². The number of nitrogens with zero attached hydrogens (tertiary/aromatic N) is 1. The first kappa shape index (κ1) is 9.99. The molecule has 0 spiro atoms. The summed E-state index contributed by atoms with van der Waals surface area (Å²) in [6, 6.07) is 0. The molecule has 0 aliphatic carbocycles. The number of carbonyl (C=O) groups is 1. The van der Waals surface area contributed by atoms with Crippen molar-refractivity contribution in [2.45, 2.75) is 30.7 Å². The molecule has 0 bridgehead atoms. The van der Waals surface area contributed by atoms with Crippen LogP contribution in [0.5, 0.6) is 0 Å². The number of halogens is 1. The minimum Gasteiger partial charge on any atom is -0.386 e. The van der Waals surface area contributed by atoms with E-state index in [-0.39, 0.29) is 5.91 Å². The zero-order chi connectivity index (χ0) is 9.57. The highest BCUT2D eigenvalue weighted by atomic mass is 79.9. The molecule has 0 saturated carbocycles. The second kappa shape index (κ2) is 2.70. The van der Waals surface area contributed by atoms with Gasteiger partial charge in [-0.25, -0.2) is 0 Å². The summed E-state index contributed by atoms with van der Waals surface area (Å²) in [5.74, 6) is 0.0361. The summed E-state index contributed by atoms with van der Waals surface area (Å²) in [6.07, 6.45) is 0. The van der Waals surface area contributed by atoms with Crippen LogP contribution in [0.4, 0.5) is 0 Å². The molecule has 0 atom stereocenters. The Morgan fingerprint density at radius 1 is 1.58 bits per heavy atom. The molecule has 0 aromatic carbocycles. The quantitative estimate of drug-likeness (QED) is 0.682. The normalized spacial score (nSPS) is 21.9.